The predicted octanol–water partition coefficient (Wildman–Crippen LogP) is 3.97. The number of sulfone groups is 1. The highest BCUT2D eigenvalue weighted by Gasteiger charge is 2.26. The molecular formula is C18H18F2N2O3S2. The number of benzene rings is 2. The number of nitrogens with zero attached hydrogens (tertiary/aromatic N) is 2. The number of thioether (sulfide) groups is 1. The van der Waals surface area contributed by atoms with Crippen LogP contribution < -0.4 is 0 Å². The summed E-state index contributed by atoms with van der Waals surface area (Å²) >= 11 is 1.49. The van der Waals surface area contributed by atoms with Crippen molar-refractivity contribution in [1.29, 1.82) is 0 Å². The first-order valence-electron chi connectivity index (χ1n) is 8.11. The van der Waals surface area contributed by atoms with Crippen LogP contribution in [0.4, 0.5) is 8.78 Å². The molecule has 0 radical (unpaired) electrons. The maximum Gasteiger partial charge on any atom is 0.341 e. The summed E-state index contributed by atoms with van der Waals surface area (Å²) in [6, 6.07) is 13.3. The van der Waals surface area contributed by atoms with Crippen molar-refractivity contribution >= 4 is 32.6 Å². The van der Waals surface area contributed by atoms with E-state index in [2.05, 4.69) is 9.55 Å². The van der Waals surface area contributed by atoms with Gasteiger partial charge in [0.15, 0.2) is 5.16 Å². The van der Waals surface area contributed by atoms with Crippen molar-refractivity contribution in [1.82, 2.24) is 9.55 Å². The molecule has 0 aliphatic rings. The molecule has 5 nitrogen and oxygen atoms in total. The van der Waals surface area contributed by atoms with Gasteiger partial charge in [0.05, 0.1) is 22.5 Å². The summed E-state index contributed by atoms with van der Waals surface area (Å²) in [6.45, 7) is 1.21. The van der Waals surface area contributed by atoms with Gasteiger partial charge < -0.3 is 9.30 Å². The lowest BCUT2D eigenvalue weighted by molar-refractivity contribution is 0.186. The molecule has 27 heavy (non-hydrogen) atoms. The lowest BCUT2D eigenvalue weighted by Gasteiger charge is -2.09. The van der Waals surface area contributed by atoms with E-state index in [9.17, 15) is 17.2 Å². The van der Waals surface area contributed by atoms with E-state index in [1.165, 1.54) is 23.9 Å². The van der Waals surface area contributed by atoms with Crippen molar-refractivity contribution in [3.8, 4) is 0 Å². The zero-order valence-electron chi connectivity index (χ0n) is 14.5. The normalized spacial score (nSPS) is 12.1. The molecule has 0 fully saturated rings. The number of halogens is 2. The van der Waals surface area contributed by atoms with Crippen LogP contribution in [0.15, 0.2) is 58.6 Å². The zero-order valence-corrected chi connectivity index (χ0v) is 16.1. The van der Waals surface area contributed by atoms with Crippen LogP contribution in [0.5, 0.6) is 0 Å². The van der Waals surface area contributed by atoms with Gasteiger partial charge in [0, 0.05) is 19.4 Å². The van der Waals surface area contributed by atoms with Gasteiger partial charge in [-0.3, -0.25) is 0 Å². The van der Waals surface area contributed by atoms with E-state index in [0.29, 0.717) is 18.9 Å². The minimum absolute atomic E-state index is 0.376. The molecule has 144 valence electrons. The summed E-state index contributed by atoms with van der Waals surface area (Å²) in [5, 5.41) is 0.817. The fourth-order valence-electron chi connectivity index (χ4n) is 2.59. The van der Waals surface area contributed by atoms with E-state index in [-0.39, 0.29) is 4.90 Å². The fourth-order valence-corrected chi connectivity index (χ4v) is 4.31. The van der Waals surface area contributed by atoms with E-state index >= 15 is 0 Å². The van der Waals surface area contributed by atoms with Crippen LogP contribution >= 0.6 is 11.8 Å². The fraction of sp³-hybridized carbons (Fsp3) is 0.278. The Morgan fingerprint density at radius 2 is 1.85 bits per heavy atom. The summed E-state index contributed by atoms with van der Waals surface area (Å²) in [7, 11) is -2.93. The van der Waals surface area contributed by atoms with Crippen LogP contribution in [0.1, 0.15) is 5.56 Å². The Kier molecular flexibility index (Phi) is 6.13. The standard InChI is InChI=1S/C18H18F2N2O3S2/c1-25-11-10-22-16-5-3-2-4-15(16)21-18(22)26-12-13-6-8-14(9-7-13)27(23,24)17(19)20/h2-9,17H,10-12H2,1H3. The Labute approximate surface area is 160 Å². The minimum atomic E-state index is -4.57. The Morgan fingerprint density at radius 1 is 1.15 bits per heavy atom. The van der Waals surface area contributed by atoms with E-state index in [0.717, 1.165) is 21.8 Å². The van der Waals surface area contributed by atoms with Gasteiger partial charge in [-0.25, -0.2) is 13.4 Å². The minimum Gasteiger partial charge on any atom is -0.383 e. The molecule has 0 aliphatic carbocycles. The lowest BCUT2D eigenvalue weighted by atomic mass is 10.2. The van der Waals surface area contributed by atoms with Crippen molar-refractivity contribution in [3.05, 3.63) is 54.1 Å². The number of para-hydroxylation sites is 2. The smallest absolute Gasteiger partial charge is 0.341 e. The first-order chi connectivity index (χ1) is 12.9. The number of hydrogen-bond donors (Lipinski definition) is 0. The van der Waals surface area contributed by atoms with Gasteiger partial charge >= 0.3 is 5.76 Å². The average molecular weight is 412 g/mol. The highest BCUT2D eigenvalue weighted by atomic mass is 32.2. The number of fused-ring (bicyclic) bond motifs is 1. The molecule has 0 spiro atoms. The maximum absolute atomic E-state index is 12.6. The average Bonchev–Trinajstić information content (AvgIpc) is 3.02. The molecule has 0 atom stereocenters. The monoisotopic (exact) mass is 412 g/mol. The molecule has 0 N–H and O–H groups in total. The Bertz CT molecular complexity index is 1020. The SMILES string of the molecule is COCCn1c(SCc2ccc(S(=O)(=O)C(F)F)cc2)nc2ccccc21. The number of aromatic nitrogens is 2. The second-order valence-corrected chi connectivity index (χ2v) is 8.63. The number of rotatable bonds is 8. The molecule has 9 heteroatoms. The van der Waals surface area contributed by atoms with Crippen LogP contribution in [-0.2, 0) is 26.9 Å². The molecule has 3 aromatic rings. The number of hydrogen-bond acceptors (Lipinski definition) is 5. The third-order valence-electron chi connectivity index (χ3n) is 3.99. The van der Waals surface area contributed by atoms with Gasteiger partial charge in [-0.2, -0.15) is 8.78 Å². The highest BCUT2D eigenvalue weighted by Crippen LogP contribution is 2.27. The largest absolute Gasteiger partial charge is 0.383 e. The van der Waals surface area contributed by atoms with Gasteiger partial charge in [0.2, 0.25) is 9.84 Å². The zero-order chi connectivity index (χ0) is 19.4. The van der Waals surface area contributed by atoms with Gasteiger partial charge in [-0.05, 0) is 29.8 Å². The second-order valence-electron chi connectivity index (χ2n) is 5.77. The van der Waals surface area contributed by atoms with Crippen molar-refractivity contribution in [2.75, 3.05) is 13.7 Å². The summed E-state index contributed by atoms with van der Waals surface area (Å²) in [6.07, 6.45) is 0. The van der Waals surface area contributed by atoms with Gasteiger partial charge in [0.25, 0.3) is 0 Å². The topological polar surface area (TPSA) is 61.2 Å². The molecule has 0 amide bonds. The first-order valence-corrected chi connectivity index (χ1v) is 10.6. The van der Waals surface area contributed by atoms with Crippen molar-refractivity contribution < 1.29 is 21.9 Å². The molecule has 3 rings (SSSR count). The van der Waals surface area contributed by atoms with Crippen LogP contribution in [0.2, 0.25) is 0 Å². The van der Waals surface area contributed by atoms with Crippen LogP contribution in [0.3, 0.4) is 0 Å². The number of alkyl halides is 2. The molecule has 0 unspecified atom stereocenters. The third kappa shape index (κ3) is 4.31. The summed E-state index contributed by atoms with van der Waals surface area (Å²) in [5.74, 6) is -2.89. The van der Waals surface area contributed by atoms with Gasteiger partial charge in [0.1, 0.15) is 0 Å². The number of imidazole rings is 1. The van der Waals surface area contributed by atoms with Gasteiger partial charge in [-0.1, -0.05) is 36.0 Å². The Morgan fingerprint density at radius 3 is 2.52 bits per heavy atom. The van der Waals surface area contributed by atoms with E-state index in [1.54, 1.807) is 19.2 Å². The first kappa shape index (κ1) is 19.8. The van der Waals surface area contributed by atoms with Crippen LogP contribution in [-0.4, -0.2) is 37.4 Å². The molecule has 0 saturated carbocycles. The Hall–Kier alpha value is -1.97. The van der Waals surface area contributed by atoms with Crippen molar-refractivity contribution in [3.63, 3.8) is 0 Å². The molecule has 0 saturated heterocycles. The molecule has 1 aromatic heterocycles. The third-order valence-corrected chi connectivity index (χ3v) is 6.44. The van der Waals surface area contributed by atoms with Crippen molar-refractivity contribution in [2.45, 2.75) is 28.1 Å². The van der Waals surface area contributed by atoms with Crippen LogP contribution in [0.25, 0.3) is 11.0 Å². The summed E-state index contributed by atoms with van der Waals surface area (Å²) in [4.78, 5) is 4.26. The van der Waals surface area contributed by atoms with Crippen LogP contribution in [0, 0.1) is 0 Å². The lowest BCUT2D eigenvalue weighted by Crippen LogP contribution is -2.11. The maximum atomic E-state index is 12.6. The van der Waals surface area contributed by atoms with E-state index in [1.807, 2.05) is 24.3 Å². The molecule has 2 aromatic carbocycles. The molecule has 1 heterocycles. The Balaban J connectivity index is 1.78. The van der Waals surface area contributed by atoms with Gasteiger partial charge in [-0.15, -0.1) is 0 Å². The number of methoxy groups -OCH3 is 1. The summed E-state index contributed by atoms with van der Waals surface area (Å²) < 4.78 is 55.4. The summed E-state index contributed by atoms with van der Waals surface area (Å²) in [5.41, 5.74) is 2.71. The second kappa shape index (κ2) is 8.37. The molecular weight excluding hydrogens is 394 g/mol. The highest BCUT2D eigenvalue weighted by molar-refractivity contribution is 7.98. The van der Waals surface area contributed by atoms with E-state index in [4.69, 9.17) is 4.74 Å². The molecule has 0 aliphatic heterocycles. The van der Waals surface area contributed by atoms with Crippen molar-refractivity contribution in [2.24, 2.45) is 0 Å². The molecule has 0 bridgehead atoms. The number of ether oxygens (including phenoxy) is 1. The van der Waals surface area contributed by atoms with E-state index < -0.39 is 15.6 Å². The quantitative estimate of drug-likeness (QED) is 0.524. The predicted molar refractivity (Wildman–Crippen MR) is 101 cm³/mol.